The Hall–Kier alpha value is -3.03. The zero-order valence-electron chi connectivity index (χ0n) is 13.7. The molecule has 2 aromatic rings. The van der Waals surface area contributed by atoms with E-state index in [0.717, 1.165) is 4.90 Å². The lowest BCUT2D eigenvalue weighted by Crippen LogP contribution is -2.40. The second-order valence-electron chi connectivity index (χ2n) is 5.94. The van der Waals surface area contributed by atoms with Gasteiger partial charge >= 0.3 is 12.6 Å². The van der Waals surface area contributed by atoms with E-state index >= 15 is 0 Å². The summed E-state index contributed by atoms with van der Waals surface area (Å²) in [7, 11) is 0. The Kier molecular flexibility index (Phi) is 4.58. The van der Waals surface area contributed by atoms with E-state index in [4.69, 9.17) is 0 Å². The number of hydrogen-bond donors (Lipinski definition) is 1. The third kappa shape index (κ3) is 3.22. The van der Waals surface area contributed by atoms with E-state index in [1.54, 1.807) is 6.07 Å². The minimum absolute atomic E-state index is 0.0627. The minimum Gasteiger partial charge on any atom is -0.435 e. The molecule has 0 bridgehead atoms. The van der Waals surface area contributed by atoms with Crippen molar-refractivity contribution in [1.29, 1.82) is 0 Å². The maximum absolute atomic E-state index is 13.8. The largest absolute Gasteiger partial charge is 0.435 e. The van der Waals surface area contributed by atoms with Crippen LogP contribution < -0.4 is 10.1 Å². The first-order valence-electron chi connectivity index (χ1n) is 7.74. The van der Waals surface area contributed by atoms with Crippen molar-refractivity contribution in [3.8, 4) is 5.75 Å². The van der Waals surface area contributed by atoms with Crippen molar-refractivity contribution < 1.29 is 27.5 Å². The monoisotopic (exact) mass is 364 g/mol. The Bertz CT molecular complexity index is 842. The molecule has 0 aliphatic carbocycles. The van der Waals surface area contributed by atoms with Crippen molar-refractivity contribution in [2.45, 2.75) is 25.6 Å². The van der Waals surface area contributed by atoms with Gasteiger partial charge < -0.3 is 10.1 Å². The molecule has 0 radical (unpaired) electrons. The smallest absolute Gasteiger partial charge is 0.387 e. The van der Waals surface area contributed by atoms with Gasteiger partial charge in [0.1, 0.15) is 17.1 Å². The van der Waals surface area contributed by atoms with Gasteiger partial charge in [-0.2, -0.15) is 8.78 Å². The molecule has 0 saturated carbocycles. The van der Waals surface area contributed by atoms with Gasteiger partial charge in [-0.25, -0.2) is 9.18 Å². The normalized spacial score (nSPS) is 19.8. The molecule has 0 aromatic heterocycles. The summed E-state index contributed by atoms with van der Waals surface area (Å²) < 4.78 is 42.5. The van der Waals surface area contributed by atoms with Crippen LogP contribution in [0.3, 0.4) is 0 Å². The summed E-state index contributed by atoms with van der Waals surface area (Å²) in [6.45, 7) is -1.67. The fourth-order valence-corrected chi connectivity index (χ4v) is 2.80. The summed E-state index contributed by atoms with van der Waals surface area (Å²) in [6, 6.07) is 10.6. The van der Waals surface area contributed by atoms with Gasteiger partial charge in [-0.05, 0) is 30.7 Å². The molecule has 0 unspecified atom stereocenters. The average molecular weight is 364 g/mol. The van der Waals surface area contributed by atoms with Gasteiger partial charge in [0.25, 0.3) is 5.91 Å². The van der Waals surface area contributed by atoms with Crippen molar-refractivity contribution in [1.82, 2.24) is 10.2 Å². The molecule has 136 valence electrons. The predicted molar refractivity (Wildman–Crippen MR) is 85.9 cm³/mol. The molecular formula is C18H15F3N2O3. The predicted octanol–water partition coefficient (Wildman–Crippen LogP) is 3.39. The van der Waals surface area contributed by atoms with E-state index in [1.165, 1.54) is 49.4 Å². The quantitative estimate of drug-likeness (QED) is 0.828. The molecule has 3 rings (SSSR count). The lowest BCUT2D eigenvalue weighted by Gasteiger charge is -2.22. The number of urea groups is 1. The van der Waals surface area contributed by atoms with E-state index in [9.17, 15) is 22.8 Å². The van der Waals surface area contributed by atoms with Crippen LogP contribution in [0.15, 0.2) is 48.5 Å². The van der Waals surface area contributed by atoms with Gasteiger partial charge in [-0.15, -0.1) is 0 Å². The van der Waals surface area contributed by atoms with Crippen LogP contribution in [0, 0.1) is 5.82 Å². The summed E-state index contributed by atoms with van der Waals surface area (Å²) >= 11 is 0. The summed E-state index contributed by atoms with van der Waals surface area (Å²) in [5, 5.41) is 2.57. The highest BCUT2D eigenvalue weighted by atomic mass is 19.3. The molecule has 3 amide bonds. The fourth-order valence-electron chi connectivity index (χ4n) is 2.80. The summed E-state index contributed by atoms with van der Waals surface area (Å²) in [5.41, 5.74) is -0.777. The highest BCUT2D eigenvalue weighted by Gasteiger charge is 2.49. The van der Waals surface area contributed by atoms with Crippen LogP contribution in [-0.2, 0) is 16.9 Å². The van der Waals surface area contributed by atoms with Crippen LogP contribution in [0.5, 0.6) is 5.75 Å². The van der Waals surface area contributed by atoms with Crippen LogP contribution in [0.4, 0.5) is 18.0 Å². The Labute approximate surface area is 147 Å². The van der Waals surface area contributed by atoms with Crippen LogP contribution in [-0.4, -0.2) is 23.4 Å². The molecule has 1 saturated heterocycles. The van der Waals surface area contributed by atoms with Crippen molar-refractivity contribution >= 4 is 11.9 Å². The number of ether oxygens (including phenoxy) is 1. The number of nitrogens with one attached hydrogen (secondary N) is 1. The first kappa shape index (κ1) is 17.8. The van der Waals surface area contributed by atoms with Crippen molar-refractivity contribution in [2.24, 2.45) is 0 Å². The molecule has 8 heteroatoms. The summed E-state index contributed by atoms with van der Waals surface area (Å²) in [6.07, 6.45) is 0. The van der Waals surface area contributed by atoms with Gasteiger partial charge in [0, 0.05) is 5.56 Å². The molecule has 1 aliphatic heterocycles. The molecule has 5 nitrogen and oxygen atoms in total. The first-order chi connectivity index (χ1) is 12.3. The Morgan fingerprint density at radius 3 is 2.38 bits per heavy atom. The van der Waals surface area contributed by atoms with E-state index < -0.39 is 29.9 Å². The lowest BCUT2D eigenvalue weighted by atomic mass is 9.92. The lowest BCUT2D eigenvalue weighted by molar-refractivity contribution is -0.131. The number of hydrogen-bond acceptors (Lipinski definition) is 3. The number of alkyl halides is 2. The highest BCUT2D eigenvalue weighted by molar-refractivity contribution is 6.07. The second kappa shape index (κ2) is 6.70. The number of benzene rings is 2. The van der Waals surface area contributed by atoms with Crippen molar-refractivity contribution in [2.75, 3.05) is 0 Å². The molecule has 2 aromatic carbocycles. The number of halogens is 3. The average Bonchev–Trinajstić information content (AvgIpc) is 2.81. The van der Waals surface area contributed by atoms with Gasteiger partial charge in [-0.1, -0.05) is 30.3 Å². The Balaban J connectivity index is 1.83. The second-order valence-corrected chi connectivity index (χ2v) is 5.94. The van der Waals surface area contributed by atoms with E-state index in [2.05, 4.69) is 10.1 Å². The number of imide groups is 1. The Morgan fingerprint density at radius 1 is 1.12 bits per heavy atom. The number of amides is 3. The number of carbonyl (C=O) groups excluding carboxylic acids is 2. The van der Waals surface area contributed by atoms with Crippen molar-refractivity contribution in [3.05, 3.63) is 65.5 Å². The van der Waals surface area contributed by atoms with E-state index in [1.807, 2.05) is 0 Å². The van der Waals surface area contributed by atoms with Crippen LogP contribution in [0.2, 0.25) is 0 Å². The van der Waals surface area contributed by atoms with Gasteiger partial charge in [-0.3, -0.25) is 9.69 Å². The molecule has 1 fully saturated rings. The molecule has 1 atom stereocenters. The zero-order valence-corrected chi connectivity index (χ0v) is 13.7. The third-order valence-corrected chi connectivity index (χ3v) is 4.22. The van der Waals surface area contributed by atoms with Crippen LogP contribution >= 0.6 is 0 Å². The zero-order chi connectivity index (χ0) is 18.9. The third-order valence-electron chi connectivity index (χ3n) is 4.22. The molecular weight excluding hydrogens is 349 g/mol. The van der Waals surface area contributed by atoms with Crippen LogP contribution in [0.1, 0.15) is 18.1 Å². The molecule has 1 heterocycles. The molecule has 0 spiro atoms. The first-order valence-corrected chi connectivity index (χ1v) is 7.74. The fraction of sp³-hybridized carbons (Fsp3) is 0.222. The molecule has 1 N–H and O–H groups in total. The number of nitrogens with zero attached hydrogens (tertiary/aromatic N) is 1. The summed E-state index contributed by atoms with van der Waals surface area (Å²) in [5.74, 6) is -1.14. The maximum atomic E-state index is 13.8. The number of rotatable bonds is 5. The van der Waals surface area contributed by atoms with Gasteiger partial charge in [0.15, 0.2) is 0 Å². The number of carbonyl (C=O) groups is 2. The topological polar surface area (TPSA) is 58.6 Å². The minimum atomic E-state index is -2.96. The van der Waals surface area contributed by atoms with Crippen LogP contribution in [0.25, 0.3) is 0 Å². The van der Waals surface area contributed by atoms with E-state index in [-0.39, 0.29) is 17.9 Å². The maximum Gasteiger partial charge on any atom is 0.387 e. The van der Waals surface area contributed by atoms with Gasteiger partial charge in [0.2, 0.25) is 0 Å². The molecule has 26 heavy (non-hydrogen) atoms. The van der Waals surface area contributed by atoms with Crippen molar-refractivity contribution in [3.63, 3.8) is 0 Å². The molecule has 1 aliphatic rings. The highest BCUT2D eigenvalue weighted by Crippen LogP contribution is 2.31. The standard InChI is InChI=1S/C18H15F3N2O3/c1-18(12-6-8-13(9-7-12)26-16(20)21)15(24)23(17(25)22-18)10-11-4-2-3-5-14(11)19/h2-9,16H,10H2,1H3,(H,22,25)/t18-/m1/s1. The van der Waals surface area contributed by atoms with Gasteiger partial charge in [0.05, 0.1) is 6.54 Å². The Morgan fingerprint density at radius 2 is 1.77 bits per heavy atom. The van der Waals surface area contributed by atoms with E-state index in [0.29, 0.717) is 5.56 Å². The summed E-state index contributed by atoms with van der Waals surface area (Å²) in [4.78, 5) is 26.0. The SMILES string of the molecule is C[C@]1(c2ccc(OC(F)F)cc2)NC(=O)N(Cc2ccccc2F)C1=O.